The van der Waals surface area contributed by atoms with Gasteiger partial charge in [-0.3, -0.25) is 4.79 Å². The van der Waals surface area contributed by atoms with Crippen LogP contribution < -0.4 is 10.2 Å². The van der Waals surface area contributed by atoms with Crippen molar-refractivity contribution in [2.75, 3.05) is 23.7 Å². The van der Waals surface area contributed by atoms with E-state index in [0.29, 0.717) is 22.1 Å². The SMILES string of the molecule is CCCN(CCC)c1cc(Cl)nc(SCC(=O)NC2CCCCC2)n1. The smallest absolute Gasteiger partial charge is 0.230 e. The van der Waals surface area contributed by atoms with Crippen molar-refractivity contribution in [3.8, 4) is 0 Å². The van der Waals surface area contributed by atoms with E-state index in [1.807, 2.05) is 0 Å². The summed E-state index contributed by atoms with van der Waals surface area (Å²) in [4.78, 5) is 23.3. The molecule has 1 fully saturated rings. The van der Waals surface area contributed by atoms with Crippen LogP contribution in [0.3, 0.4) is 0 Å². The maximum absolute atomic E-state index is 12.2. The fourth-order valence-electron chi connectivity index (χ4n) is 3.14. The van der Waals surface area contributed by atoms with E-state index < -0.39 is 0 Å². The molecule has 2 rings (SSSR count). The zero-order valence-electron chi connectivity index (χ0n) is 15.3. The highest BCUT2D eigenvalue weighted by Crippen LogP contribution is 2.23. The first-order valence-electron chi connectivity index (χ1n) is 9.34. The minimum absolute atomic E-state index is 0.0565. The number of rotatable bonds is 9. The van der Waals surface area contributed by atoms with E-state index in [9.17, 15) is 4.79 Å². The van der Waals surface area contributed by atoms with Crippen LogP contribution in [0.25, 0.3) is 0 Å². The molecule has 0 bridgehead atoms. The third-order valence-electron chi connectivity index (χ3n) is 4.27. The predicted molar refractivity (Wildman–Crippen MR) is 106 cm³/mol. The number of hydrogen-bond donors (Lipinski definition) is 1. The summed E-state index contributed by atoms with van der Waals surface area (Å²) in [5.41, 5.74) is 0. The van der Waals surface area contributed by atoms with Crippen molar-refractivity contribution in [2.24, 2.45) is 0 Å². The van der Waals surface area contributed by atoms with Crippen LogP contribution in [0, 0.1) is 0 Å². The molecule has 0 radical (unpaired) electrons. The lowest BCUT2D eigenvalue weighted by Crippen LogP contribution is -2.37. The summed E-state index contributed by atoms with van der Waals surface area (Å²) in [5, 5.41) is 4.12. The monoisotopic (exact) mass is 384 g/mol. The van der Waals surface area contributed by atoms with Gasteiger partial charge in [-0.05, 0) is 25.7 Å². The highest BCUT2D eigenvalue weighted by molar-refractivity contribution is 7.99. The molecule has 0 aliphatic heterocycles. The fourth-order valence-corrected chi connectivity index (χ4v) is 4.03. The summed E-state index contributed by atoms with van der Waals surface area (Å²) in [6, 6.07) is 2.14. The number of aromatic nitrogens is 2. The lowest BCUT2D eigenvalue weighted by molar-refractivity contribution is -0.119. The average Bonchev–Trinajstić information content (AvgIpc) is 2.60. The first-order valence-corrected chi connectivity index (χ1v) is 10.7. The molecule has 140 valence electrons. The number of hydrogen-bond acceptors (Lipinski definition) is 5. The third-order valence-corrected chi connectivity index (χ3v) is 5.32. The Bertz CT molecular complexity index is 546. The highest BCUT2D eigenvalue weighted by atomic mass is 35.5. The second-order valence-electron chi connectivity index (χ2n) is 6.51. The Hall–Kier alpha value is -1.01. The van der Waals surface area contributed by atoms with Gasteiger partial charge in [-0.25, -0.2) is 9.97 Å². The quantitative estimate of drug-likeness (QED) is 0.391. The van der Waals surface area contributed by atoms with Crippen molar-refractivity contribution in [3.63, 3.8) is 0 Å². The van der Waals surface area contributed by atoms with Crippen LogP contribution in [0.15, 0.2) is 11.2 Å². The first-order chi connectivity index (χ1) is 12.1. The van der Waals surface area contributed by atoms with Crippen molar-refractivity contribution in [1.29, 1.82) is 0 Å². The average molecular weight is 385 g/mol. The normalized spacial score (nSPS) is 15.2. The lowest BCUT2D eigenvalue weighted by atomic mass is 9.95. The van der Waals surface area contributed by atoms with Crippen LogP contribution in [-0.2, 0) is 4.79 Å². The summed E-state index contributed by atoms with van der Waals surface area (Å²) in [6.07, 6.45) is 8.00. The van der Waals surface area contributed by atoms with E-state index in [1.54, 1.807) is 6.07 Å². The van der Waals surface area contributed by atoms with Crippen molar-refractivity contribution in [3.05, 3.63) is 11.2 Å². The number of nitrogens with one attached hydrogen (secondary N) is 1. The number of halogens is 1. The molecule has 0 atom stereocenters. The van der Waals surface area contributed by atoms with Gasteiger partial charge in [-0.2, -0.15) is 0 Å². The fraction of sp³-hybridized carbons (Fsp3) is 0.722. The van der Waals surface area contributed by atoms with Crippen LogP contribution in [-0.4, -0.2) is 40.8 Å². The molecule has 1 amide bonds. The van der Waals surface area contributed by atoms with Gasteiger partial charge in [0.2, 0.25) is 5.91 Å². The summed E-state index contributed by atoms with van der Waals surface area (Å²) in [6.45, 7) is 6.17. The van der Waals surface area contributed by atoms with E-state index >= 15 is 0 Å². The number of thioether (sulfide) groups is 1. The number of amides is 1. The molecule has 1 N–H and O–H groups in total. The van der Waals surface area contributed by atoms with E-state index in [2.05, 4.69) is 34.0 Å². The van der Waals surface area contributed by atoms with Crippen molar-refractivity contribution < 1.29 is 4.79 Å². The Morgan fingerprint density at radius 1 is 1.24 bits per heavy atom. The maximum atomic E-state index is 12.2. The van der Waals surface area contributed by atoms with E-state index in [-0.39, 0.29) is 5.91 Å². The lowest BCUT2D eigenvalue weighted by Gasteiger charge is -2.23. The van der Waals surface area contributed by atoms with Crippen molar-refractivity contribution in [1.82, 2.24) is 15.3 Å². The minimum Gasteiger partial charge on any atom is -0.356 e. The minimum atomic E-state index is 0.0565. The largest absolute Gasteiger partial charge is 0.356 e. The summed E-state index contributed by atoms with van der Waals surface area (Å²) < 4.78 is 0. The molecule has 0 unspecified atom stereocenters. The van der Waals surface area contributed by atoms with E-state index in [4.69, 9.17) is 11.6 Å². The zero-order chi connectivity index (χ0) is 18.1. The molecule has 0 aromatic carbocycles. The van der Waals surface area contributed by atoms with Crippen LogP contribution in [0.1, 0.15) is 58.8 Å². The maximum Gasteiger partial charge on any atom is 0.230 e. The van der Waals surface area contributed by atoms with Crippen LogP contribution in [0.4, 0.5) is 5.82 Å². The third kappa shape index (κ3) is 7.02. The molecule has 7 heteroatoms. The molecule has 1 aromatic rings. The molecule has 1 heterocycles. The van der Waals surface area contributed by atoms with Gasteiger partial charge in [0, 0.05) is 25.2 Å². The molecule has 0 saturated heterocycles. The Kier molecular flexibility index (Phi) is 8.82. The molecule has 1 aliphatic carbocycles. The van der Waals surface area contributed by atoms with Gasteiger partial charge < -0.3 is 10.2 Å². The molecule has 5 nitrogen and oxygen atoms in total. The molecule has 0 spiro atoms. The van der Waals surface area contributed by atoms with Gasteiger partial charge in [0.05, 0.1) is 5.75 Å². The zero-order valence-corrected chi connectivity index (χ0v) is 16.8. The van der Waals surface area contributed by atoms with Gasteiger partial charge in [-0.1, -0.05) is 56.5 Å². The van der Waals surface area contributed by atoms with Crippen LogP contribution in [0.5, 0.6) is 0 Å². The number of carbonyl (C=O) groups excluding carboxylic acids is 1. The molecule has 1 aromatic heterocycles. The Morgan fingerprint density at radius 3 is 2.56 bits per heavy atom. The number of carbonyl (C=O) groups is 1. The molecular weight excluding hydrogens is 356 g/mol. The standard InChI is InChI=1S/C18H29ClN4OS/c1-3-10-23(11-4-2)16-12-15(19)21-18(22-16)25-13-17(24)20-14-8-6-5-7-9-14/h12,14H,3-11,13H2,1-2H3,(H,20,24). The predicted octanol–water partition coefficient (Wildman–Crippen LogP) is 4.30. The van der Waals surface area contributed by atoms with Crippen LogP contribution >= 0.6 is 23.4 Å². The molecular formula is C18H29ClN4OS. The van der Waals surface area contributed by atoms with E-state index in [1.165, 1.54) is 31.0 Å². The van der Waals surface area contributed by atoms with Gasteiger partial charge in [0.25, 0.3) is 0 Å². The Balaban J connectivity index is 1.93. The first kappa shape index (κ1) is 20.3. The van der Waals surface area contributed by atoms with Crippen LogP contribution in [0.2, 0.25) is 5.15 Å². The van der Waals surface area contributed by atoms with Gasteiger partial charge in [0.15, 0.2) is 5.16 Å². The van der Waals surface area contributed by atoms with Crippen molar-refractivity contribution >= 4 is 35.1 Å². The number of anilines is 1. The summed E-state index contributed by atoms with van der Waals surface area (Å²) in [5.74, 6) is 1.23. The Labute approximate surface area is 160 Å². The summed E-state index contributed by atoms with van der Waals surface area (Å²) in [7, 11) is 0. The van der Waals surface area contributed by atoms with Gasteiger partial charge in [-0.15, -0.1) is 0 Å². The molecule has 1 saturated carbocycles. The summed E-state index contributed by atoms with van der Waals surface area (Å²) >= 11 is 7.53. The molecule has 25 heavy (non-hydrogen) atoms. The van der Waals surface area contributed by atoms with Gasteiger partial charge in [0.1, 0.15) is 11.0 Å². The Morgan fingerprint density at radius 2 is 1.92 bits per heavy atom. The van der Waals surface area contributed by atoms with Crippen molar-refractivity contribution in [2.45, 2.75) is 70.0 Å². The highest BCUT2D eigenvalue weighted by Gasteiger charge is 2.16. The molecule has 1 aliphatic rings. The second kappa shape index (κ2) is 10.9. The van der Waals surface area contributed by atoms with E-state index in [0.717, 1.165) is 44.6 Å². The van der Waals surface area contributed by atoms with Gasteiger partial charge >= 0.3 is 0 Å². The number of nitrogens with zero attached hydrogens (tertiary/aromatic N) is 3. The topological polar surface area (TPSA) is 58.1 Å². The second-order valence-corrected chi connectivity index (χ2v) is 7.84.